The zero-order valence-electron chi connectivity index (χ0n) is 15.9. The molecule has 0 saturated carbocycles. The maximum absolute atomic E-state index is 12.5. The van der Waals surface area contributed by atoms with Gasteiger partial charge in [-0.05, 0) is 24.1 Å². The first-order valence-electron chi connectivity index (χ1n) is 9.05. The van der Waals surface area contributed by atoms with Gasteiger partial charge in [-0.3, -0.25) is 10.1 Å². The monoisotopic (exact) mass is 434 g/mol. The van der Waals surface area contributed by atoms with Gasteiger partial charge in [-0.2, -0.15) is 12.6 Å². The highest BCUT2D eigenvalue weighted by Gasteiger charge is 2.33. The van der Waals surface area contributed by atoms with Crippen molar-refractivity contribution >= 4 is 36.2 Å². The van der Waals surface area contributed by atoms with Gasteiger partial charge in [-0.1, -0.05) is 23.9 Å². The average molecular weight is 435 g/mol. The molecule has 1 aliphatic heterocycles. The van der Waals surface area contributed by atoms with Gasteiger partial charge in [0.05, 0.1) is 11.0 Å². The van der Waals surface area contributed by atoms with Crippen LogP contribution in [0.4, 0.5) is 10.5 Å². The number of carbonyl (C=O) groups excluding carboxylic acids is 1. The van der Waals surface area contributed by atoms with Crippen LogP contribution < -0.4 is 0 Å². The number of nitro groups is 1. The second-order valence-corrected chi connectivity index (χ2v) is 8.36. The van der Waals surface area contributed by atoms with Crippen molar-refractivity contribution in [2.24, 2.45) is 7.05 Å². The average Bonchev–Trinajstić information content (AvgIpc) is 3.28. The highest BCUT2D eigenvalue weighted by Crippen LogP contribution is 2.25. The largest absolute Gasteiger partial charge is 0.445 e. The fraction of sp³-hybridized carbons (Fsp3) is 0.368. The lowest BCUT2D eigenvalue weighted by Gasteiger charge is -2.21. The molecule has 0 bridgehead atoms. The molecule has 29 heavy (non-hydrogen) atoms. The van der Waals surface area contributed by atoms with E-state index in [2.05, 4.69) is 17.6 Å². The molecule has 1 amide bonds. The standard InChI is InChI=1S/C19H22N4O4S2/c1-21-9-8-20-18(21)29-10-2-3-16-11-17(28)12-22(16)19(24)27-13-14-4-6-15(7-5-14)23(25)26/h2-9,16-17,28H,10-13H2,1H3/b3-2+/t16-,17+/m1/s1. The molecule has 0 N–H and O–H groups in total. The Bertz CT molecular complexity index is 885. The van der Waals surface area contributed by atoms with E-state index in [9.17, 15) is 14.9 Å². The number of thioether (sulfide) groups is 1. The predicted molar refractivity (Wildman–Crippen MR) is 114 cm³/mol. The van der Waals surface area contributed by atoms with Crippen molar-refractivity contribution in [3.8, 4) is 0 Å². The van der Waals surface area contributed by atoms with Crippen molar-refractivity contribution < 1.29 is 14.5 Å². The second kappa shape index (κ2) is 9.84. The molecular formula is C19H22N4O4S2. The molecule has 0 radical (unpaired) electrons. The highest BCUT2D eigenvalue weighted by molar-refractivity contribution is 7.99. The molecule has 8 nitrogen and oxygen atoms in total. The van der Waals surface area contributed by atoms with E-state index in [1.807, 2.05) is 30.0 Å². The quantitative estimate of drug-likeness (QED) is 0.235. The summed E-state index contributed by atoms with van der Waals surface area (Å²) >= 11 is 6.14. The van der Waals surface area contributed by atoms with Gasteiger partial charge in [0.2, 0.25) is 0 Å². The molecule has 154 valence electrons. The topological polar surface area (TPSA) is 90.5 Å². The SMILES string of the molecule is Cn1ccnc1SC/C=C/[C@@H]1C[C@H](S)CN1C(=O)OCc1ccc([N+](=O)[O-])cc1. The first-order valence-corrected chi connectivity index (χ1v) is 10.6. The molecule has 0 spiro atoms. The van der Waals surface area contributed by atoms with E-state index >= 15 is 0 Å². The molecule has 1 aromatic carbocycles. The van der Waals surface area contributed by atoms with Crippen molar-refractivity contribution in [3.63, 3.8) is 0 Å². The summed E-state index contributed by atoms with van der Waals surface area (Å²) in [7, 11) is 1.95. The molecule has 0 aliphatic carbocycles. The van der Waals surface area contributed by atoms with Gasteiger partial charge in [-0.15, -0.1) is 0 Å². The molecule has 0 unspecified atom stereocenters. The third kappa shape index (κ3) is 5.77. The van der Waals surface area contributed by atoms with E-state index in [1.165, 1.54) is 12.1 Å². The van der Waals surface area contributed by atoms with Gasteiger partial charge < -0.3 is 14.2 Å². The Morgan fingerprint density at radius 1 is 1.45 bits per heavy atom. The number of benzene rings is 1. The number of carbonyl (C=O) groups is 1. The minimum absolute atomic E-state index is 0.00569. The van der Waals surface area contributed by atoms with E-state index in [1.54, 1.807) is 35.0 Å². The van der Waals surface area contributed by atoms with Crippen LogP contribution in [0, 0.1) is 10.1 Å². The van der Waals surface area contributed by atoms with Gasteiger partial charge in [0.25, 0.3) is 5.69 Å². The van der Waals surface area contributed by atoms with Crippen molar-refractivity contribution in [2.45, 2.75) is 29.5 Å². The number of thiol groups is 1. The van der Waals surface area contributed by atoms with Gasteiger partial charge in [0.1, 0.15) is 6.61 Å². The molecule has 2 heterocycles. The van der Waals surface area contributed by atoms with Crippen molar-refractivity contribution in [2.75, 3.05) is 12.3 Å². The molecular weight excluding hydrogens is 412 g/mol. The normalized spacial score (nSPS) is 19.0. The molecule has 1 saturated heterocycles. The van der Waals surface area contributed by atoms with E-state index in [-0.39, 0.29) is 23.6 Å². The van der Waals surface area contributed by atoms with Gasteiger partial charge in [0.15, 0.2) is 5.16 Å². The summed E-state index contributed by atoms with van der Waals surface area (Å²) in [6.07, 6.45) is 8.06. The number of hydrogen-bond donors (Lipinski definition) is 1. The molecule has 1 aliphatic rings. The van der Waals surface area contributed by atoms with Crippen LogP contribution in [0.5, 0.6) is 0 Å². The Morgan fingerprint density at radius 2 is 2.21 bits per heavy atom. The fourth-order valence-corrected chi connectivity index (χ4v) is 4.15. The number of imidazole rings is 1. The first kappa shape index (κ1) is 21.3. The van der Waals surface area contributed by atoms with E-state index < -0.39 is 11.0 Å². The van der Waals surface area contributed by atoms with E-state index in [4.69, 9.17) is 4.74 Å². The number of nitrogens with zero attached hydrogens (tertiary/aromatic N) is 4. The molecule has 1 fully saturated rings. The van der Waals surface area contributed by atoms with Gasteiger partial charge in [0, 0.05) is 49.1 Å². The molecule has 10 heteroatoms. The highest BCUT2D eigenvalue weighted by atomic mass is 32.2. The Labute approximate surface area is 178 Å². The Hall–Kier alpha value is -2.46. The minimum Gasteiger partial charge on any atom is -0.445 e. The molecule has 3 rings (SSSR count). The summed E-state index contributed by atoms with van der Waals surface area (Å²) < 4.78 is 7.36. The van der Waals surface area contributed by atoms with Crippen LogP contribution in [0.25, 0.3) is 0 Å². The number of non-ortho nitro benzene ring substituents is 1. The molecule has 2 atom stereocenters. The third-order valence-corrected chi connectivity index (χ3v) is 5.89. The van der Waals surface area contributed by atoms with Gasteiger partial charge >= 0.3 is 6.09 Å². The first-order chi connectivity index (χ1) is 13.9. The van der Waals surface area contributed by atoms with Crippen LogP contribution in [0.15, 0.2) is 54.0 Å². The summed E-state index contributed by atoms with van der Waals surface area (Å²) in [5.41, 5.74) is 0.704. The van der Waals surface area contributed by atoms with Crippen molar-refractivity contribution in [1.82, 2.24) is 14.5 Å². The Morgan fingerprint density at radius 3 is 2.86 bits per heavy atom. The number of rotatable bonds is 7. The smallest absolute Gasteiger partial charge is 0.410 e. The van der Waals surface area contributed by atoms with Crippen molar-refractivity contribution in [1.29, 1.82) is 0 Å². The van der Waals surface area contributed by atoms with Crippen LogP contribution in [0.3, 0.4) is 0 Å². The molecule has 1 aromatic heterocycles. The summed E-state index contributed by atoms with van der Waals surface area (Å²) in [5.74, 6) is 0.754. The van der Waals surface area contributed by atoms with Crippen LogP contribution >= 0.6 is 24.4 Å². The zero-order chi connectivity index (χ0) is 20.8. The summed E-state index contributed by atoms with van der Waals surface area (Å²) in [6.45, 7) is 0.583. The molecule has 2 aromatic rings. The van der Waals surface area contributed by atoms with Gasteiger partial charge in [-0.25, -0.2) is 9.78 Å². The summed E-state index contributed by atoms with van der Waals surface area (Å²) in [5, 5.41) is 11.7. The number of ether oxygens (including phenoxy) is 1. The number of amides is 1. The van der Waals surface area contributed by atoms with Crippen LogP contribution in [0.2, 0.25) is 0 Å². The third-order valence-electron chi connectivity index (χ3n) is 4.51. The van der Waals surface area contributed by atoms with Crippen LogP contribution in [-0.2, 0) is 18.4 Å². The number of aryl methyl sites for hydroxylation is 1. The Kier molecular flexibility index (Phi) is 7.21. The summed E-state index contributed by atoms with van der Waals surface area (Å²) in [4.78, 5) is 28.7. The summed E-state index contributed by atoms with van der Waals surface area (Å²) in [6, 6.07) is 5.90. The van der Waals surface area contributed by atoms with Crippen LogP contribution in [0.1, 0.15) is 12.0 Å². The van der Waals surface area contributed by atoms with E-state index in [0.717, 1.165) is 17.3 Å². The fourth-order valence-electron chi connectivity index (χ4n) is 3.00. The van der Waals surface area contributed by atoms with E-state index in [0.29, 0.717) is 12.1 Å². The number of nitro benzene ring substituents is 1. The number of aromatic nitrogens is 2. The van der Waals surface area contributed by atoms with Crippen molar-refractivity contribution in [3.05, 3.63) is 64.5 Å². The minimum atomic E-state index is -0.462. The lowest BCUT2D eigenvalue weighted by molar-refractivity contribution is -0.384. The second-order valence-electron chi connectivity index (χ2n) is 6.65. The predicted octanol–water partition coefficient (Wildman–Crippen LogP) is 3.69. The maximum Gasteiger partial charge on any atom is 0.410 e. The number of hydrogen-bond acceptors (Lipinski definition) is 7. The zero-order valence-corrected chi connectivity index (χ0v) is 17.6. The lowest BCUT2D eigenvalue weighted by atomic mass is 10.2. The van der Waals surface area contributed by atoms with Crippen LogP contribution in [-0.4, -0.2) is 49.1 Å². The Balaban J connectivity index is 1.51. The maximum atomic E-state index is 12.5. The number of likely N-dealkylation sites (tertiary alicyclic amines) is 1. The lowest BCUT2D eigenvalue weighted by Crippen LogP contribution is -2.35.